The van der Waals surface area contributed by atoms with Crippen LogP contribution in [0.15, 0.2) is 53.1 Å². The van der Waals surface area contributed by atoms with Crippen LogP contribution < -0.4 is 10.1 Å². The van der Waals surface area contributed by atoms with Gasteiger partial charge in [0.1, 0.15) is 5.75 Å². The summed E-state index contributed by atoms with van der Waals surface area (Å²) in [5.74, 6) is 0.708. The van der Waals surface area contributed by atoms with Crippen molar-refractivity contribution in [3.05, 3.63) is 64.9 Å². The van der Waals surface area contributed by atoms with E-state index in [1.807, 2.05) is 42.5 Å². The van der Waals surface area contributed by atoms with E-state index in [1.165, 1.54) is 0 Å². The highest BCUT2D eigenvalue weighted by molar-refractivity contribution is 6.30. The van der Waals surface area contributed by atoms with Crippen LogP contribution in [-0.2, 0) is 0 Å². The van der Waals surface area contributed by atoms with Crippen LogP contribution in [0.1, 0.15) is 22.2 Å². The molecule has 2 heterocycles. The van der Waals surface area contributed by atoms with E-state index in [-0.39, 0.29) is 23.7 Å². The summed E-state index contributed by atoms with van der Waals surface area (Å²) < 4.78 is 10.5. The van der Waals surface area contributed by atoms with Gasteiger partial charge in [0.25, 0.3) is 17.6 Å². The zero-order chi connectivity index (χ0) is 19.5. The highest BCUT2D eigenvalue weighted by Crippen LogP contribution is 2.27. The first-order valence-electron chi connectivity index (χ1n) is 8.91. The van der Waals surface area contributed by atoms with Crippen molar-refractivity contribution in [2.24, 2.45) is 0 Å². The van der Waals surface area contributed by atoms with E-state index in [4.69, 9.17) is 20.9 Å². The van der Waals surface area contributed by atoms with Crippen LogP contribution in [0.2, 0.25) is 5.02 Å². The Bertz CT molecular complexity index is 991. The number of benzene rings is 2. The first kappa shape index (κ1) is 18.5. The maximum Gasteiger partial charge on any atom is 0.295 e. The van der Waals surface area contributed by atoms with Gasteiger partial charge in [0.15, 0.2) is 0 Å². The number of nitrogens with one attached hydrogen (secondary N) is 1. The predicted molar refractivity (Wildman–Crippen MR) is 104 cm³/mol. The van der Waals surface area contributed by atoms with Crippen LogP contribution >= 0.6 is 11.6 Å². The van der Waals surface area contributed by atoms with Gasteiger partial charge < -0.3 is 19.5 Å². The summed E-state index contributed by atoms with van der Waals surface area (Å²) in [6, 6.07) is 14.6. The van der Waals surface area contributed by atoms with Crippen molar-refractivity contribution in [1.82, 2.24) is 20.4 Å². The lowest BCUT2D eigenvalue weighted by molar-refractivity contribution is 0.0618. The van der Waals surface area contributed by atoms with Crippen LogP contribution in [0.25, 0.3) is 11.5 Å². The molecule has 0 bridgehead atoms. The van der Waals surface area contributed by atoms with Crippen LogP contribution in [-0.4, -0.2) is 47.7 Å². The van der Waals surface area contributed by atoms with Crippen molar-refractivity contribution in [3.8, 4) is 17.2 Å². The number of halogens is 1. The third-order valence-corrected chi connectivity index (χ3v) is 4.91. The molecular formula is C20H19ClN4O3. The second-order valence-electron chi connectivity index (χ2n) is 6.43. The molecule has 7 nitrogen and oxygen atoms in total. The topological polar surface area (TPSA) is 80.5 Å². The van der Waals surface area contributed by atoms with E-state index in [0.717, 1.165) is 5.56 Å². The molecule has 1 atom stereocenters. The molecule has 0 saturated carbocycles. The molecule has 28 heavy (non-hydrogen) atoms. The summed E-state index contributed by atoms with van der Waals surface area (Å²) in [5, 5.41) is 7.86. The maximum atomic E-state index is 13.1. The number of nitrogens with zero attached hydrogens (tertiary/aromatic N) is 3. The summed E-state index contributed by atoms with van der Waals surface area (Å²) in [6.07, 6.45) is 0. The van der Waals surface area contributed by atoms with Gasteiger partial charge in [-0.3, -0.25) is 4.79 Å². The summed E-state index contributed by atoms with van der Waals surface area (Å²) in [7, 11) is 1.59. The SMILES string of the molecule is COc1cccc(-c2nc(C(=O)N3CCNCC3c3cccc(Cl)c3)no2)c1. The third kappa shape index (κ3) is 3.72. The molecule has 1 fully saturated rings. The minimum atomic E-state index is -0.274. The van der Waals surface area contributed by atoms with Gasteiger partial charge in [0.2, 0.25) is 0 Å². The lowest BCUT2D eigenvalue weighted by Gasteiger charge is -2.35. The van der Waals surface area contributed by atoms with Crippen molar-refractivity contribution < 1.29 is 14.1 Å². The van der Waals surface area contributed by atoms with Gasteiger partial charge in [-0.15, -0.1) is 0 Å². The van der Waals surface area contributed by atoms with Gasteiger partial charge in [0, 0.05) is 30.2 Å². The molecule has 1 N–H and O–H groups in total. The Morgan fingerprint density at radius 1 is 1.29 bits per heavy atom. The number of rotatable bonds is 4. The molecule has 0 spiro atoms. The number of hydrogen-bond donors (Lipinski definition) is 1. The summed E-state index contributed by atoms with van der Waals surface area (Å²) in [4.78, 5) is 19.1. The van der Waals surface area contributed by atoms with Crippen molar-refractivity contribution in [2.45, 2.75) is 6.04 Å². The standard InChI is InChI=1S/C20H19ClN4O3/c1-27-16-7-3-5-14(11-16)19-23-18(24-28-19)20(26)25-9-8-22-12-17(25)13-4-2-6-15(21)10-13/h2-7,10-11,17,22H,8-9,12H2,1H3. The van der Waals surface area contributed by atoms with Gasteiger partial charge in [-0.25, -0.2) is 0 Å². The molecule has 0 aliphatic carbocycles. The molecule has 8 heteroatoms. The third-order valence-electron chi connectivity index (χ3n) is 4.67. The average molecular weight is 399 g/mol. The fourth-order valence-electron chi connectivity index (χ4n) is 3.27. The lowest BCUT2D eigenvalue weighted by Crippen LogP contribution is -2.49. The number of hydrogen-bond acceptors (Lipinski definition) is 6. The number of ether oxygens (including phenoxy) is 1. The van der Waals surface area contributed by atoms with Gasteiger partial charge in [-0.1, -0.05) is 35.0 Å². The minimum absolute atomic E-state index is 0.0340. The number of piperazine rings is 1. The molecule has 1 aliphatic heterocycles. The molecule has 2 aromatic carbocycles. The highest BCUT2D eigenvalue weighted by atomic mass is 35.5. The van der Waals surface area contributed by atoms with Crippen molar-refractivity contribution in [2.75, 3.05) is 26.7 Å². The van der Waals surface area contributed by atoms with E-state index in [9.17, 15) is 4.79 Å². The Morgan fingerprint density at radius 2 is 2.14 bits per heavy atom. The first-order chi connectivity index (χ1) is 13.7. The number of methoxy groups -OCH3 is 1. The van der Waals surface area contributed by atoms with E-state index >= 15 is 0 Å². The molecule has 4 rings (SSSR count). The lowest BCUT2D eigenvalue weighted by atomic mass is 10.0. The molecule has 0 radical (unpaired) electrons. The van der Waals surface area contributed by atoms with Gasteiger partial charge >= 0.3 is 0 Å². The number of carbonyl (C=O) groups is 1. The molecule has 1 saturated heterocycles. The largest absolute Gasteiger partial charge is 0.497 e. The van der Waals surface area contributed by atoms with Crippen LogP contribution in [0.5, 0.6) is 5.75 Å². The predicted octanol–water partition coefficient (Wildman–Crippen LogP) is 3.19. The van der Waals surface area contributed by atoms with Crippen molar-refractivity contribution in [3.63, 3.8) is 0 Å². The fourth-order valence-corrected chi connectivity index (χ4v) is 3.47. The molecule has 1 aliphatic rings. The normalized spacial score (nSPS) is 16.8. The molecule has 1 aromatic heterocycles. The second kappa shape index (κ2) is 8.00. The highest BCUT2D eigenvalue weighted by Gasteiger charge is 2.31. The van der Waals surface area contributed by atoms with Crippen molar-refractivity contribution >= 4 is 17.5 Å². The monoisotopic (exact) mass is 398 g/mol. The number of aromatic nitrogens is 2. The first-order valence-corrected chi connectivity index (χ1v) is 9.29. The maximum absolute atomic E-state index is 13.1. The van der Waals surface area contributed by atoms with Gasteiger partial charge in [-0.05, 0) is 35.9 Å². The van der Waals surface area contributed by atoms with E-state index < -0.39 is 0 Å². The van der Waals surface area contributed by atoms with Crippen LogP contribution in [0.4, 0.5) is 0 Å². The smallest absolute Gasteiger partial charge is 0.295 e. The Kier molecular flexibility index (Phi) is 5.27. The molecule has 1 amide bonds. The Labute approximate surface area is 167 Å². The van der Waals surface area contributed by atoms with E-state index in [0.29, 0.717) is 36.0 Å². The number of amides is 1. The molecule has 1 unspecified atom stereocenters. The second-order valence-corrected chi connectivity index (χ2v) is 6.87. The van der Waals surface area contributed by atoms with Crippen LogP contribution in [0.3, 0.4) is 0 Å². The summed E-state index contributed by atoms with van der Waals surface area (Å²) >= 11 is 6.13. The minimum Gasteiger partial charge on any atom is -0.497 e. The molecular weight excluding hydrogens is 380 g/mol. The van der Waals surface area contributed by atoms with Gasteiger partial charge in [-0.2, -0.15) is 4.98 Å². The average Bonchev–Trinajstić information content (AvgIpc) is 3.23. The quantitative estimate of drug-likeness (QED) is 0.727. The fraction of sp³-hybridized carbons (Fsp3) is 0.250. The molecule has 3 aromatic rings. The Morgan fingerprint density at radius 3 is 2.96 bits per heavy atom. The zero-order valence-electron chi connectivity index (χ0n) is 15.3. The zero-order valence-corrected chi connectivity index (χ0v) is 16.0. The van der Waals surface area contributed by atoms with Gasteiger partial charge in [0.05, 0.1) is 13.2 Å². The Hall–Kier alpha value is -2.90. The van der Waals surface area contributed by atoms with E-state index in [2.05, 4.69) is 15.5 Å². The van der Waals surface area contributed by atoms with E-state index in [1.54, 1.807) is 18.1 Å². The molecule has 144 valence electrons. The van der Waals surface area contributed by atoms with Crippen LogP contribution in [0, 0.1) is 0 Å². The number of carbonyl (C=O) groups excluding carboxylic acids is 1. The van der Waals surface area contributed by atoms with Crippen molar-refractivity contribution in [1.29, 1.82) is 0 Å². The summed E-state index contributed by atoms with van der Waals surface area (Å²) in [5.41, 5.74) is 1.65. The Balaban J connectivity index is 1.60. The summed E-state index contributed by atoms with van der Waals surface area (Å²) in [6.45, 7) is 1.87.